The van der Waals surface area contributed by atoms with Gasteiger partial charge in [0.05, 0.1) is 12.1 Å². The van der Waals surface area contributed by atoms with Crippen LogP contribution in [0, 0.1) is 0 Å². The number of carboxylic acids is 1. The second-order valence-corrected chi connectivity index (χ2v) is 4.33. The number of nitrogens with zero attached hydrogens (tertiary/aromatic N) is 2. The predicted molar refractivity (Wildman–Crippen MR) is 69.8 cm³/mol. The van der Waals surface area contributed by atoms with Crippen LogP contribution in [0.25, 0.3) is 11.3 Å². The first kappa shape index (κ1) is 12.4. The molecule has 1 aliphatic heterocycles. The summed E-state index contributed by atoms with van der Waals surface area (Å²) in [6.45, 7) is 1.03. The maximum atomic E-state index is 10.9. The molecule has 0 radical (unpaired) electrons. The lowest BCUT2D eigenvalue weighted by molar-refractivity contribution is -0.136. The maximum absolute atomic E-state index is 10.9. The lowest BCUT2D eigenvalue weighted by atomic mass is 10.0. The maximum Gasteiger partial charge on any atom is 0.307 e. The summed E-state index contributed by atoms with van der Waals surface area (Å²) in [6, 6.07) is 5.44. The average molecular weight is 272 g/mol. The first-order chi connectivity index (χ1) is 9.74. The fourth-order valence-electron chi connectivity index (χ4n) is 2.10. The van der Waals surface area contributed by atoms with Gasteiger partial charge in [-0.2, -0.15) is 0 Å². The average Bonchev–Trinajstić information content (AvgIpc) is 2.47. The third kappa shape index (κ3) is 2.40. The van der Waals surface area contributed by atoms with Crippen LogP contribution >= 0.6 is 0 Å². The van der Waals surface area contributed by atoms with Crippen molar-refractivity contribution in [3.05, 3.63) is 36.3 Å². The molecule has 1 N–H and O–H groups in total. The summed E-state index contributed by atoms with van der Waals surface area (Å²) in [5, 5.41) is 8.93. The molecule has 0 saturated carbocycles. The Morgan fingerprint density at radius 2 is 2.05 bits per heavy atom. The molecule has 0 atom stereocenters. The van der Waals surface area contributed by atoms with Crippen LogP contribution in [0.5, 0.6) is 11.5 Å². The molecular weight excluding hydrogens is 260 g/mol. The molecule has 1 aliphatic rings. The monoisotopic (exact) mass is 272 g/mol. The number of aliphatic carboxylic acids is 1. The standard InChI is InChI=1S/C14H12N2O4/c17-13(18)6-10-7-15-8-16-14(10)9-1-2-11-12(5-9)20-4-3-19-11/h1-2,5,7-8H,3-4,6H2,(H,17,18). The topological polar surface area (TPSA) is 81.5 Å². The Labute approximate surface area is 115 Å². The molecule has 6 nitrogen and oxygen atoms in total. The molecule has 6 heteroatoms. The van der Waals surface area contributed by atoms with Gasteiger partial charge < -0.3 is 14.6 Å². The van der Waals surface area contributed by atoms with E-state index in [9.17, 15) is 4.79 Å². The minimum atomic E-state index is -0.918. The highest BCUT2D eigenvalue weighted by atomic mass is 16.6. The van der Waals surface area contributed by atoms with Gasteiger partial charge in [-0.25, -0.2) is 9.97 Å². The fourth-order valence-corrected chi connectivity index (χ4v) is 2.10. The van der Waals surface area contributed by atoms with Crippen molar-refractivity contribution < 1.29 is 19.4 Å². The van der Waals surface area contributed by atoms with Crippen molar-refractivity contribution in [2.45, 2.75) is 6.42 Å². The number of ether oxygens (including phenoxy) is 2. The van der Waals surface area contributed by atoms with Crippen molar-refractivity contribution in [3.63, 3.8) is 0 Å². The molecule has 0 fully saturated rings. The lowest BCUT2D eigenvalue weighted by Crippen LogP contribution is -2.15. The largest absolute Gasteiger partial charge is 0.486 e. The van der Waals surface area contributed by atoms with E-state index in [1.807, 2.05) is 12.1 Å². The highest BCUT2D eigenvalue weighted by molar-refractivity contribution is 5.75. The van der Waals surface area contributed by atoms with E-state index in [-0.39, 0.29) is 6.42 Å². The number of fused-ring (bicyclic) bond motifs is 1. The van der Waals surface area contributed by atoms with Gasteiger partial charge in [-0.15, -0.1) is 0 Å². The van der Waals surface area contributed by atoms with Crippen LogP contribution in [0.4, 0.5) is 0 Å². The summed E-state index contributed by atoms with van der Waals surface area (Å²) >= 11 is 0. The highest BCUT2D eigenvalue weighted by Gasteiger charge is 2.15. The second-order valence-electron chi connectivity index (χ2n) is 4.33. The van der Waals surface area contributed by atoms with E-state index in [0.717, 1.165) is 5.56 Å². The quantitative estimate of drug-likeness (QED) is 0.912. The van der Waals surface area contributed by atoms with Gasteiger partial charge >= 0.3 is 5.97 Å². The normalized spacial score (nSPS) is 13.0. The molecule has 0 bridgehead atoms. The number of carboxylic acid groups (broad SMARTS) is 1. The highest BCUT2D eigenvalue weighted by Crippen LogP contribution is 2.34. The second kappa shape index (κ2) is 5.16. The van der Waals surface area contributed by atoms with Crippen LogP contribution in [-0.4, -0.2) is 34.3 Å². The molecule has 2 heterocycles. The SMILES string of the molecule is O=C(O)Cc1cncnc1-c1ccc2c(c1)OCCO2. The molecule has 0 unspecified atom stereocenters. The first-order valence-electron chi connectivity index (χ1n) is 6.15. The predicted octanol–water partition coefficient (Wildman–Crippen LogP) is 1.54. The Morgan fingerprint density at radius 1 is 1.25 bits per heavy atom. The zero-order valence-electron chi connectivity index (χ0n) is 10.6. The van der Waals surface area contributed by atoms with Gasteiger partial charge in [-0.3, -0.25) is 4.79 Å². The van der Waals surface area contributed by atoms with Crippen molar-refractivity contribution in [2.75, 3.05) is 13.2 Å². The van der Waals surface area contributed by atoms with E-state index in [1.165, 1.54) is 12.5 Å². The van der Waals surface area contributed by atoms with Crippen LogP contribution in [-0.2, 0) is 11.2 Å². The number of hydrogen-bond donors (Lipinski definition) is 1. The molecule has 102 valence electrons. The third-order valence-electron chi connectivity index (χ3n) is 2.95. The molecule has 3 rings (SSSR count). The summed E-state index contributed by atoms with van der Waals surface area (Å²) in [4.78, 5) is 18.9. The van der Waals surface area contributed by atoms with Gasteiger partial charge in [0.1, 0.15) is 19.5 Å². The number of aromatic nitrogens is 2. The molecule has 0 saturated heterocycles. The molecular formula is C14H12N2O4. The van der Waals surface area contributed by atoms with E-state index < -0.39 is 5.97 Å². The smallest absolute Gasteiger partial charge is 0.307 e. The van der Waals surface area contributed by atoms with E-state index in [2.05, 4.69) is 9.97 Å². The van der Waals surface area contributed by atoms with Gasteiger partial charge in [-0.1, -0.05) is 0 Å². The number of carbonyl (C=O) groups is 1. The molecule has 0 aliphatic carbocycles. The van der Waals surface area contributed by atoms with Crippen LogP contribution in [0.3, 0.4) is 0 Å². The summed E-state index contributed by atoms with van der Waals surface area (Å²) in [5.41, 5.74) is 1.95. The molecule has 20 heavy (non-hydrogen) atoms. The first-order valence-corrected chi connectivity index (χ1v) is 6.15. The molecule has 1 aromatic heterocycles. The third-order valence-corrected chi connectivity index (χ3v) is 2.95. The van der Waals surface area contributed by atoms with E-state index >= 15 is 0 Å². The number of rotatable bonds is 3. The summed E-state index contributed by atoms with van der Waals surface area (Å²) in [6.07, 6.45) is 2.80. The summed E-state index contributed by atoms with van der Waals surface area (Å²) in [7, 11) is 0. The van der Waals surface area contributed by atoms with Crippen LogP contribution < -0.4 is 9.47 Å². The zero-order chi connectivity index (χ0) is 13.9. The molecule has 0 spiro atoms. The van der Waals surface area contributed by atoms with Crippen molar-refractivity contribution in [3.8, 4) is 22.8 Å². The summed E-state index contributed by atoms with van der Waals surface area (Å²) < 4.78 is 11.0. The Morgan fingerprint density at radius 3 is 2.85 bits per heavy atom. The Hall–Kier alpha value is -2.63. The van der Waals surface area contributed by atoms with Gasteiger partial charge in [0, 0.05) is 17.3 Å². The minimum Gasteiger partial charge on any atom is -0.486 e. The van der Waals surface area contributed by atoms with E-state index in [1.54, 1.807) is 6.07 Å². The molecule has 1 aromatic carbocycles. The van der Waals surface area contributed by atoms with Crippen molar-refractivity contribution in [1.29, 1.82) is 0 Å². The van der Waals surface area contributed by atoms with Crippen molar-refractivity contribution >= 4 is 5.97 Å². The van der Waals surface area contributed by atoms with Crippen LogP contribution in [0.2, 0.25) is 0 Å². The number of benzene rings is 1. The number of hydrogen-bond acceptors (Lipinski definition) is 5. The van der Waals surface area contributed by atoms with Gasteiger partial charge in [0.25, 0.3) is 0 Å². The minimum absolute atomic E-state index is 0.120. The summed E-state index contributed by atoms with van der Waals surface area (Å²) in [5.74, 6) is 0.418. The van der Waals surface area contributed by atoms with Gasteiger partial charge in [0.2, 0.25) is 0 Å². The van der Waals surface area contributed by atoms with E-state index in [0.29, 0.717) is 36.0 Å². The molecule has 0 amide bonds. The van der Waals surface area contributed by atoms with Crippen molar-refractivity contribution in [2.24, 2.45) is 0 Å². The van der Waals surface area contributed by atoms with Crippen molar-refractivity contribution in [1.82, 2.24) is 9.97 Å². The molecule has 2 aromatic rings. The van der Waals surface area contributed by atoms with E-state index in [4.69, 9.17) is 14.6 Å². The Bertz CT molecular complexity index is 657. The lowest BCUT2D eigenvalue weighted by Gasteiger charge is -2.19. The zero-order valence-corrected chi connectivity index (χ0v) is 10.6. The van der Waals surface area contributed by atoms with Crippen LogP contribution in [0.1, 0.15) is 5.56 Å². The van der Waals surface area contributed by atoms with Gasteiger partial charge in [0.15, 0.2) is 11.5 Å². The fraction of sp³-hybridized carbons (Fsp3) is 0.214. The Kier molecular flexibility index (Phi) is 3.20. The van der Waals surface area contributed by atoms with Gasteiger partial charge in [-0.05, 0) is 18.2 Å². The Balaban J connectivity index is 2.02. The van der Waals surface area contributed by atoms with Crippen LogP contribution in [0.15, 0.2) is 30.7 Å².